The molecule has 0 saturated heterocycles. The predicted molar refractivity (Wildman–Crippen MR) is 259 cm³/mol. The second-order valence-corrected chi connectivity index (χ2v) is 20.0. The first kappa shape index (κ1) is 55.8. The van der Waals surface area contributed by atoms with Crippen LogP contribution in [0.25, 0.3) is 0 Å². The van der Waals surface area contributed by atoms with Crippen molar-refractivity contribution >= 4 is 35.5 Å². The Labute approximate surface area is 374 Å². The molecular formula is C50H95N3O4S2. The lowest BCUT2D eigenvalue weighted by atomic mass is 10.0. The van der Waals surface area contributed by atoms with Gasteiger partial charge in [0.1, 0.15) is 13.2 Å². The number of thioether (sulfide) groups is 2. The number of nitrogens with zero attached hydrogens (tertiary/aromatic N) is 3. The van der Waals surface area contributed by atoms with E-state index in [1.54, 1.807) is 6.20 Å². The van der Waals surface area contributed by atoms with Crippen molar-refractivity contribution < 1.29 is 19.1 Å². The highest BCUT2D eigenvalue weighted by atomic mass is 32.2. The van der Waals surface area contributed by atoms with Gasteiger partial charge >= 0.3 is 11.9 Å². The molecule has 0 aliphatic rings. The van der Waals surface area contributed by atoms with E-state index in [1.807, 2.05) is 36.0 Å². The molecule has 0 radical (unpaired) electrons. The van der Waals surface area contributed by atoms with Gasteiger partial charge in [-0.3, -0.25) is 9.59 Å². The van der Waals surface area contributed by atoms with E-state index in [0.29, 0.717) is 49.6 Å². The van der Waals surface area contributed by atoms with E-state index < -0.39 is 0 Å². The zero-order chi connectivity index (χ0) is 42.7. The maximum absolute atomic E-state index is 12.9. The number of esters is 2. The van der Waals surface area contributed by atoms with Crippen LogP contribution in [0.5, 0.6) is 0 Å². The maximum atomic E-state index is 12.9. The molecule has 0 fully saturated rings. The summed E-state index contributed by atoms with van der Waals surface area (Å²) in [6.07, 6.45) is 44.6. The first-order valence-electron chi connectivity index (χ1n) is 25.2. The lowest BCUT2D eigenvalue weighted by molar-refractivity contribution is -0.143. The molecule has 346 valence electrons. The van der Waals surface area contributed by atoms with Crippen LogP contribution in [-0.4, -0.2) is 81.2 Å². The summed E-state index contributed by atoms with van der Waals surface area (Å²) in [5, 5.41) is 1.35. The third-order valence-electron chi connectivity index (χ3n) is 11.6. The average Bonchev–Trinajstić information content (AvgIpc) is 3.77. The molecule has 1 heterocycles. The van der Waals surface area contributed by atoms with E-state index in [1.165, 1.54) is 180 Å². The molecule has 0 aliphatic heterocycles. The second kappa shape index (κ2) is 43.5. The van der Waals surface area contributed by atoms with Gasteiger partial charge in [0.2, 0.25) is 0 Å². The number of unbranched alkanes of at least 4 members (excludes halogenated alkanes) is 20. The number of hydrogen-bond acceptors (Lipinski definition) is 8. The molecule has 9 heteroatoms. The average molecular weight is 866 g/mol. The third-order valence-corrected chi connectivity index (χ3v) is 14.3. The Hall–Kier alpha value is -1.19. The number of ether oxygens (including phenoxy) is 2. The van der Waals surface area contributed by atoms with Gasteiger partial charge in [-0.2, -0.15) is 23.5 Å². The van der Waals surface area contributed by atoms with Crippen LogP contribution in [0.4, 0.5) is 0 Å². The molecular weight excluding hydrogens is 771 g/mol. The number of aryl methyl sites for hydroxylation is 1. The topological polar surface area (TPSA) is 73.7 Å². The van der Waals surface area contributed by atoms with Crippen LogP contribution in [-0.2, 0) is 25.6 Å². The van der Waals surface area contributed by atoms with Crippen molar-refractivity contribution in [2.24, 2.45) is 0 Å². The number of rotatable bonds is 46. The van der Waals surface area contributed by atoms with Crippen molar-refractivity contribution in [2.45, 2.75) is 244 Å². The first-order valence-corrected chi connectivity index (χ1v) is 27.3. The van der Waals surface area contributed by atoms with E-state index in [-0.39, 0.29) is 11.9 Å². The van der Waals surface area contributed by atoms with E-state index in [9.17, 15) is 9.59 Å². The van der Waals surface area contributed by atoms with Crippen LogP contribution in [0.2, 0.25) is 0 Å². The van der Waals surface area contributed by atoms with Gasteiger partial charge in [0.15, 0.2) is 0 Å². The molecule has 1 aromatic heterocycles. The van der Waals surface area contributed by atoms with E-state index in [2.05, 4.69) is 42.1 Å². The Morgan fingerprint density at radius 2 is 0.898 bits per heavy atom. The molecule has 59 heavy (non-hydrogen) atoms. The molecule has 7 nitrogen and oxygen atoms in total. The minimum Gasteiger partial charge on any atom is -0.465 e. The van der Waals surface area contributed by atoms with E-state index >= 15 is 0 Å². The summed E-state index contributed by atoms with van der Waals surface area (Å²) in [4.78, 5) is 32.2. The molecule has 0 spiro atoms. The quantitative estimate of drug-likeness (QED) is 0.0474. The smallest absolute Gasteiger partial charge is 0.307 e. The fourth-order valence-electron chi connectivity index (χ4n) is 7.85. The van der Waals surface area contributed by atoms with Gasteiger partial charge in [0.25, 0.3) is 0 Å². The predicted octanol–water partition coefficient (Wildman–Crippen LogP) is 14.6. The highest BCUT2D eigenvalue weighted by Crippen LogP contribution is 2.26. The number of hydrogen-bond donors (Lipinski definition) is 0. The van der Waals surface area contributed by atoms with Gasteiger partial charge in [-0.1, -0.05) is 182 Å². The Bertz CT molecular complexity index is 938. The van der Waals surface area contributed by atoms with Crippen molar-refractivity contribution in [3.05, 3.63) is 18.7 Å². The zero-order valence-corrected chi connectivity index (χ0v) is 40.9. The van der Waals surface area contributed by atoms with Crippen molar-refractivity contribution in [1.29, 1.82) is 0 Å². The highest BCUT2D eigenvalue weighted by molar-refractivity contribution is 8.00. The van der Waals surface area contributed by atoms with Crippen molar-refractivity contribution in [1.82, 2.24) is 14.5 Å². The van der Waals surface area contributed by atoms with Gasteiger partial charge < -0.3 is 18.9 Å². The van der Waals surface area contributed by atoms with E-state index in [4.69, 9.17) is 9.47 Å². The number of aromatic nitrogens is 2. The van der Waals surface area contributed by atoms with Crippen LogP contribution in [0.1, 0.15) is 227 Å². The largest absolute Gasteiger partial charge is 0.465 e. The summed E-state index contributed by atoms with van der Waals surface area (Å²) in [7, 11) is 0. The minimum absolute atomic E-state index is 0.135. The fraction of sp³-hybridized carbons (Fsp3) is 0.900. The van der Waals surface area contributed by atoms with Crippen molar-refractivity contribution in [3.8, 4) is 0 Å². The maximum Gasteiger partial charge on any atom is 0.307 e. The van der Waals surface area contributed by atoms with Gasteiger partial charge in [0, 0.05) is 54.0 Å². The summed E-state index contributed by atoms with van der Waals surface area (Å²) >= 11 is 4.04. The molecule has 0 amide bonds. The van der Waals surface area contributed by atoms with E-state index in [0.717, 1.165) is 31.0 Å². The Morgan fingerprint density at radius 3 is 1.25 bits per heavy atom. The van der Waals surface area contributed by atoms with Crippen LogP contribution >= 0.6 is 23.5 Å². The van der Waals surface area contributed by atoms with Crippen LogP contribution in [0, 0.1) is 0 Å². The number of carbonyl (C=O) groups is 2. The third kappa shape index (κ3) is 37.1. The Kier molecular flexibility index (Phi) is 41.1. The molecule has 1 rings (SSSR count). The number of imidazole rings is 1. The highest BCUT2D eigenvalue weighted by Gasteiger charge is 2.15. The monoisotopic (exact) mass is 866 g/mol. The van der Waals surface area contributed by atoms with Crippen molar-refractivity contribution in [2.75, 3.05) is 44.4 Å². The summed E-state index contributed by atoms with van der Waals surface area (Å²) in [5.41, 5.74) is 0. The fourth-order valence-corrected chi connectivity index (χ4v) is 10.2. The lowest BCUT2D eigenvalue weighted by Crippen LogP contribution is -2.31. The summed E-state index contributed by atoms with van der Waals surface area (Å²) in [6.45, 7) is 12.9. The summed E-state index contributed by atoms with van der Waals surface area (Å²) in [5.74, 6) is 1.48. The molecule has 0 aromatic carbocycles. The van der Waals surface area contributed by atoms with Crippen molar-refractivity contribution in [3.63, 3.8) is 0 Å². The normalized spacial score (nSPS) is 11.7. The van der Waals surface area contributed by atoms with Crippen LogP contribution < -0.4 is 0 Å². The molecule has 0 saturated carbocycles. The summed E-state index contributed by atoms with van der Waals surface area (Å²) < 4.78 is 13.6. The number of carbonyl (C=O) groups excluding carboxylic acids is 2. The first-order chi connectivity index (χ1) is 29.0. The molecule has 0 bridgehead atoms. The Morgan fingerprint density at radius 1 is 0.525 bits per heavy atom. The van der Waals surface area contributed by atoms with Crippen LogP contribution in [0.3, 0.4) is 0 Å². The van der Waals surface area contributed by atoms with Gasteiger partial charge in [0.05, 0.1) is 19.2 Å². The lowest BCUT2D eigenvalue weighted by Gasteiger charge is -2.22. The summed E-state index contributed by atoms with van der Waals surface area (Å²) in [6, 6.07) is 0. The van der Waals surface area contributed by atoms with Gasteiger partial charge in [-0.25, -0.2) is 4.98 Å². The molecule has 0 unspecified atom stereocenters. The minimum atomic E-state index is -0.135. The molecule has 1 aromatic rings. The van der Waals surface area contributed by atoms with Gasteiger partial charge in [-0.05, 0) is 38.6 Å². The molecule has 0 atom stereocenters. The molecule has 0 aliphatic carbocycles. The van der Waals surface area contributed by atoms with Gasteiger partial charge in [-0.15, -0.1) is 0 Å². The second-order valence-electron chi connectivity index (χ2n) is 17.1. The van der Waals surface area contributed by atoms with Crippen LogP contribution in [0.15, 0.2) is 18.7 Å². The molecule has 0 N–H and O–H groups in total. The zero-order valence-electron chi connectivity index (χ0n) is 39.3. The standard InChI is InChI=1S/C50H95N3O4S2/c1-5-9-13-17-21-25-30-47(31-26-22-18-14-10-6-2)58-44-42-56-49(54)34-39-52(37-29-38-53-41-36-51-46-53)40-35-50(55)57-43-45-59-48(32-27-23-19-15-11-7-3)33-28-24-20-16-12-8-4/h36,41,46-48H,5-35,37-40,42-45H2,1-4H3. The SMILES string of the molecule is CCCCCCCCC(CCCCCCCC)SCCOC(=O)CCN(CCCn1ccnc1)CCC(=O)OCCSC(CCCCCCCC)CCCCCCCC. The Balaban J connectivity index is 2.49.